The van der Waals surface area contributed by atoms with Gasteiger partial charge >= 0.3 is 103 Å². The van der Waals surface area contributed by atoms with Gasteiger partial charge in [0, 0.05) is 11.1 Å². The number of carbonyl (C=O) groups excluding carboxylic acids is 2. The van der Waals surface area contributed by atoms with E-state index in [-0.39, 0.29) is 114 Å². The van der Waals surface area contributed by atoms with Crippen LogP contribution in [0, 0.1) is 0 Å². The molecule has 14 heteroatoms. The Morgan fingerprint density at radius 3 is 1.82 bits per heavy atom. The maximum absolute atomic E-state index is 12.7. The molecule has 10 nitrogen and oxygen atoms in total. The summed E-state index contributed by atoms with van der Waals surface area (Å²) < 4.78 is 69.2. The first-order chi connectivity index (χ1) is 11.8. The molecular formula is C14H8K2O10S2. The molecule has 0 fully saturated rings. The van der Waals surface area contributed by atoms with Gasteiger partial charge in [0.25, 0.3) is 0 Å². The Morgan fingerprint density at radius 1 is 0.929 bits per heavy atom. The van der Waals surface area contributed by atoms with E-state index >= 15 is 0 Å². The van der Waals surface area contributed by atoms with Gasteiger partial charge in [0.2, 0.25) is 4.93 Å². The molecule has 1 aromatic carbocycles. The molecule has 28 heavy (non-hydrogen) atoms. The molecule has 2 N–H and O–H groups in total. The Kier molecular flexibility index (Phi) is 8.46. The second-order valence-electron chi connectivity index (χ2n) is 5.57. The molecule has 0 saturated carbocycles. The van der Waals surface area contributed by atoms with Crippen LogP contribution < -0.4 is 103 Å². The van der Waals surface area contributed by atoms with Crippen molar-refractivity contribution in [1.82, 2.24) is 0 Å². The Bertz CT molecular complexity index is 1150. The van der Waals surface area contributed by atoms with Gasteiger partial charge in [0.05, 0.1) is 11.1 Å². The fourth-order valence-corrected chi connectivity index (χ4v) is 5.30. The van der Waals surface area contributed by atoms with E-state index in [1.165, 1.54) is 18.2 Å². The number of benzene rings is 1. The van der Waals surface area contributed by atoms with Crippen molar-refractivity contribution < 1.29 is 149 Å². The number of carbonyl (C=O) groups is 2. The van der Waals surface area contributed by atoms with E-state index in [1.54, 1.807) is 0 Å². The average Bonchev–Trinajstić information content (AvgIpc) is 2.52. The third kappa shape index (κ3) is 4.03. The van der Waals surface area contributed by atoms with E-state index in [1.807, 2.05) is 0 Å². The summed E-state index contributed by atoms with van der Waals surface area (Å²) in [5, 5.41) is 17.4. The Balaban J connectivity index is 0.00000196. The SMILES string of the molecule is O=C1C2=C(C(=O)c3ccccc31)C(O)(S(=O)(=O)[O-])C(S(=O)(=O)[O-])C=C2O.[K+].[K+]. The van der Waals surface area contributed by atoms with Gasteiger partial charge in [0.1, 0.15) is 31.2 Å². The first-order valence-electron chi connectivity index (χ1n) is 6.78. The number of Topliss-reactive ketones (excluding diaryl/α,β-unsaturated/α-hetero) is 2. The summed E-state index contributed by atoms with van der Waals surface area (Å²) in [6, 6.07) is 4.91. The van der Waals surface area contributed by atoms with Crippen molar-refractivity contribution in [2.75, 3.05) is 0 Å². The monoisotopic (exact) mass is 478 g/mol. The van der Waals surface area contributed by atoms with Crippen LogP contribution in [0.1, 0.15) is 20.7 Å². The van der Waals surface area contributed by atoms with Crippen LogP contribution in [-0.2, 0) is 20.2 Å². The molecule has 0 saturated heterocycles. The quantitative estimate of drug-likeness (QED) is 0.305. The van der Waals surface area contributed by atoms with Crippen LogP contribution in [0.5, 0.6) is 0 Å². The summed E-state index contributed by atoms with van der Waals surface area (Å²) in [5.41, 5.74) is -3.18. The molecule has 0 aromatic heterocycles. The van der Waals surface area contributed by atoms with E-state index in [0.717, 1.165) is 6.07 Å². The Morgan fingerprint density at radius 2 is 1.39 bits per heavy atom. The van der Waals surface area contributed by atoms with Crippen molar-refractivity contribution in [3.05, 3.63) is 58.4 Å². The minimum atomic E-state index is -6.07. The molecule has 2 atom stereocenters. The third-order valence-electron chi connectivity index (χ3n) is 4.12. The molecule has 0 aliphatic heterocycles. The largest absolute Gasteiger partial charge is 1.00 e. The molecule has 0 bridgehead atoms. The molecule has 2 aliphatic rings. The van der Waals surface area contributed by atoms with E-state index in [9.17, 15) is 45.7 Å². The van der Waals surface area contributed by atoms with Crippen LogP contribution >= 0.6 is 0 Å². The summed E-state index contributed by atoms with van der Waals surface area (Å²) in [4.78, 5) is 21.1. The number of aliphatic hydroxyl groups is 2. The zero-order valence-corrected chi connectivity index (χ0v) is 22.3. The van der Waals surface area contributed by atoms with Crippen molar-refractivity contribution in [2.45, 2.75) is 10.2 Å². The summed E-state index contributed by atoms with van der Waals surface area (Å²) in [6.07, 6.45) is 0.0652. The summed E-state index contributed by atoms with van der Waals surface area (Å²) in [6.45, 7) is 0. The molecular weight excluding hydrogens is 470 g/mol. The molecule has 0 amide bonds. The van der Waals surface area contributed by atoms with Crippen molar-refractivity contribution in [3.8, 4) is 0 Å². The molecule has 0 spiro atoms. The number of fused-ring (bicyclic) bond motifs is 1. The van der Waals surface area contributed by atoms with Crippen LogP contribution in [0.4, 0.5) is 0 Å². The number of aliphatic hydroxyl groups excluding tert-OH is 1. The fraction of sp³-hybridized carbons (Fsp3) is 0.143. The number of rotatable bonds is 2. The molecule has 3 rings (SSSR count). The van der Waals surface area contributed by atoms with Crippen LogP contribution in [0.2, 0.25) is 0 Å². The van der Waals surface area contributed by atoms with Gasteiger partial charge in [-0.25, -0.2) is 16.8 Å². The van der Waals surface area contributed by atoms with Gasteiger partial charge in [-0.15, -0.1) is 0 Å². The molecule has 2 unspecified atom stereocenters. The first-order valence-corrected chi connectivity index (χ1v) is 9.66. The zero-order valence-electron chi connectivity index (χ0n) is 14.4. The van der Waals surface area contributed by atoms with E-state index in [0.29, 0.717) is 0 Å². The summed E-state index contributed by atoms with van der Waals surface area (Å²) >= 11 is 0. The third-order valence-corrected chi connectivity index (χ3v) is 6.59. The Hall–Kier alpha value is 0.893. The van der Waals surface area contributed by atoms with Crippen LogP contribution in [0.25, 0.3) is 0 Å². The van der Waals surface area contributed by atoms with Crippen molar-refractivity contribution in [1.29, 1.82) is 0 Å². The average molecular weight is 479 g/mol. The molecule has 138 valence electrons. The molecule has 2 aliphatic carbocycles. The standard InChI is InChI=1S/C14H10O10S2.2K/c15-8-5-9(25(19,20)21)14(18,26(22,23)24)11-10(8)12(16)6-3-1-2-4-7(6)13(11)17;;/h1-5,9,15,18H,(H,19,20,21)(H,22,23,24);;/q;2*+1/p-2. The van der Waals surface area contributed by atoms with Crippen molar-refractivity contribution in [2.24, 2.45) is 0 Å². The minimum Gasteiger partial charge on any atom is -0.747 e. The normalized spacial score (nSPS) is 24.4. The first kappa shape index (κ1) is 26.9. The molecule has 0 heterocycles. The summed E-state index contributed by atoms with van der Waals surface area (Å²) in [7, 11) is -11.8. The van der Waals surface area contributed by atoms with Crippen LogP contribution in [0.3, 0.4) is 0 Å². The van der Waals surface area contributed by atoms with Gasteiger partial charge in [-0.2, -0.15) is 0 Å². The topological polar surface area (TPSA) is 189 Å². The summed E-state index contributed by atoms with van der Waals surface area (Å²) in [5.74, 6) is -3.69. The van der Waals surface area contributed by atoms with Crippen molar-refractivity contribution in [3.63, 3.8) is 0 Å². The maximum Gasteiger partial charge on any atom is 1.00 e. The Labute approximate surface area is 244 Å². The van der Waals surface area contributed by atoms with E-state index in [4.69, 9.17) is 0 Å². The van der Waals surface area contributed by atoms with Gasteiger partial charge in [-0.1, -0.05) is 24.3 Å². The van der Waals surface area contributed by atoms with Crippen LogP contribution in [-0.4, -0.2) is 57.9 Å². The smallest absolute Gasteiger partial charge is 0.747 e. The zero-order chi connectivity index (χ0) is 19.7. The van der Waals surface area contributed by atoms with Crippen LogP contribution in [0.15, 0.2) is 47.2 Å². The number of allylic oxidation sites excluding steroid dienone is 1. The molecule has 1 aromatic rings. The van der Waals surface area contributed by atoms with Gasteiger partial charge in [0.15, 0.2) is 11.6 Å². The number of hydrogen-bond acceptors (Lipinski definition) is 10. The van der Waals surface area contributed by atoms with Gasteiger partial charge in [-0.05, 0) is 6.08 Å². The minimum absolute atomic E-state index is 0. The second-order valence-corrected chi connectivity index (χ2v) is 8.59. The number of ketones is 2. The van der Waals surface area contributed by atoms with Gasteiger partial charge < -0.3 is 19.3 Å². The molecule has 0 radical (unpaired) electrons. The number of hydrogen-bond donors (Lipinski definition) is 2. The maximum atomic E-state index is 12.7. The van der Waals surface area contributed by atoms with E-state index in [2.05, 4.69) is 0 Å². The van der Waals surface area contributed by atoms with Crippen molar-refractivity contribution >= 4 is 31.8 Å². The predicted molar refractivity (Wildman–Crippen MR) is 81.0 cm³/mol. The van der Waals surface area contributed by atoms with Gasteiger partial charge in [-0.3, -0.25) is 9.59 Å². The fourth-order valence-electron chi connectivity index (χ4n) is 2.99. The predicted octanol–water partition coefficient (Wildman–Crippen LogP) is -7.03. The second kappa shape index (κ2) is 8.79. The van der Waals surface area contributed by atoms with E-state index < -0.39 is 64.5 Å².